The van der Waals surface area contributed by atoms with Crippen molar-refractivity contribution in [1.82, 2.24) is 4.98 Å². The van der Waals surface area contributed by atoms with E-state index in [-0.39, 0.29) is 0 Å². The minimum atomic E-state index is 0.685. The molecule has 0 spiro atoms. The first-order chi connectivity index (χ1) is 10.1. The van der Waals surface area contributed by atoms with Gasteiger partial charge in [0.1, 0.15) is 0 Å². The third-order valence-corrected chi connectivity index (χ3v) is 4.14. The SMILES string of the molecule is CNc1c(C)c(-c2ccccc2)nc2c(Cl)ccc(C)c12. The molecule has 1 aromatic heterocycles. The summed E-state index contributed by atoms with van der Waals surface area (Å²) in [5, 5.41) is 5.10. The van der Waals surface area contributed by atoms with Crippen LogP contribution in [-0.2, 0) is 0 Å². The molecule has 21 heavy (non-hydrogen) atoms. The van der Waals surface area contributed by atoms with Gasteiger partial charge in [0.25, 0.3) is 0 Å². The van der Waals surface area contributed by atoms with Crippen molar-refractivity contribution in [2.45, 2.75) is 13.8 Å². The van der Waals surface area contributed by atoms with Gasteiger partial charge in [-0.25, -0.2) is 4.98 Å². The number of benzene rings is 2. The van der Waals surface area contributed by atoms with Crippen molar-refractivity contribution in [2.24, 2.45) is 0 Å². The molecule has 0 bridgehead atoms. The Bertz CT molecular complexity index is 811. The van der Waals surface area contributed by atoms with E-state index in [0.29, 0.717) is 5.02 Å². The first-order valence-electron chi connectivity index (χ1n) is 6.96. The molecule has 0 amide bonds. The van der Waals surface area contributed by atoms with E-state index in [2.05, 4.69) is 31.3 Å². The van der Waals surface area contributed by atoms with Crippen LogP contribution >= 0.6 is 11.6 Å². The Balaban J connectivity index is 2.44. The van der Waals surface area contributed by atoms with Crippen LogP contribution in [0.15, 0.2) is 42.5 Å². The number of nitrogens with one attached hydrogen (secondary N) is 1. The Morgan fingerprint density at radius 2 is 1.71 bits per heavy atom. The third kappa shape index (κ3) is 2.26. The van der Waals surface area contributed by atoms with Gasteiger partial charge in [-0.1, -0.05) is 48.0 Å². The minimum absolute atomic E-state index is 0.685. The van der Waals surface area contributed by atoms with E-state index in [1.54, 1.807) is 0 Å². The molecule has 0 atom stereocenters. The van der Waals surface area contributed by atoms with Crippen molar-refractivity contribution < 1.29 is 0 Å². The molecular weight excluding hydrogens is 280 g/mol. The van der Waals surface area contributed by atoms with Crippen LogP contribution in [0.25, 0.3) is 22.2 Å². The van der Waals surface area contributed by atoms with Crippen molar-refractivity contribution in [3.63, 3.8) is 0 Å². The molecule has 1 N–H and O–H groups in total. The van der Waals surface area contributed by atoms with E-state index in [4.69, 9.17) is 16.6 Å². The lowest BCUT2D eigenvalue weighted by Gasteiger charge is -2.16. The zero-order valence-corrected chi connectivity index (χ0v) is 13.1. The first kappa shape index (κ1) is 13.9. The van der Waals surface area contributed by atoms with Crippen molar-refractivity contribution in [1.29, 1.82) is 0 Å². The number of pyridine rings is 1. The number of nitrogens with zero attached hydrogens (tertiary/aromatic N) is 1. The molecule has 0 aliphatic heterocycles. The van der Waals surface area contributed by atoms with Crippen LogP contribution in [0, 0.1) is 13.8 Å². The van der Waals surface area contributed by atoms with Crippen LogP contribution in [0.4, 0.5) is 5.69 Å². The Morgan fingerprint density at radius 3 is 2.38 bits per heavy atom. The zero-order valence-electron chi connectivity index (χ0n) is 12.4. The normalized spacial score (nSPS) is 10.9. The predicted molar refractivity (Wildman–Crippen MR) is 91.2 cm³/mol. The van der Waals surface area contributed by atoms with Gasteiger partial charge in [-0.3, -0.25) is 0 Å². The molecule has 1 heterocycles. The summed E-state index contributed by atoms with van der Waals surface area (Å²) in [5.41, 5.74) is 6.34. The van der Waals surface area contributed by atoms with Crippen LogP contribution < -0.4 is 5.32 Å². The second kappa shape index (κ2) is 5.38. The molecule has 2 nitrogen and oxygen atoms in total. The largest absolute Gasteiger partial charge is 0.387 e. The van der Waals surface area contributed by atoms with Crippen LogP contribution in [0.1, 0.15) is 11.1 Å². The molecule has 2 aromatic carbocycles. The van der Waals surface area contributed by atoms with Gasteiger partial charge < -0.3 is 5.32 Å². The molecule has 3 aromatic rings. The summed E-state index contributed by atoms with van der Waals surface area (Å²) in [5.74, 6) is 0. The maximum Gasteiger partial charge on any atom is 0.0919 e. The van der Waals surface area contributed by atoms with Crippen molar-refractivity contribution in [3.8, 4) is 11.3 Å². The first-order valence-corrected chi connectivity index (χ1v) is 7.34. The van der Waals surface area contributed by atoms with Gasteiger partial charge in [0.05, 0.1) is 16.2 Å². The molecule has 0 saturated carbocycles. The maximum absolute atomic E-state index is 6.38. The lowest BCUT2D eigenvalue weighted by atomic mass is 9.99. The van der Waals surface area contributed by atoms with E-state index >= 15 is 0 Å². The minimum Gasteiger partial charge on any atom is -0.387 e. The van der Waals surface area contributed by atoms with E-state index in [0.717, 1.165) is 33.4 Å². The van der Waals surface area contributed by atoms with E-state index < -0.39 is 0 Å². The number of aryl methyl sites for hydroxylation is 1. The highest BCUT2D eigenvalue weighted by Crippen LogP contribution is 2.37. The van der Waals surface area contributed by atoms with Gasteiger partial charge in [-0.15, -0.1) is 0 Å². The summed E-state index contributed by atoms with van der Waals surface area (Å²) in [6.07, 6.45) is 0. The monoisotopic (exact) mass is 296 g/mol. The van der Waals surface area contributed by atoms with Crippen molar-refractivity contribution in [3.05, 3.63) is 58.6 Å². The maximum atomic E-state index is 6.38. The van der Waals surface area contributed by atoms with Gasteiger partial charge in [-0.05, 0) is 31.0 Å². The third-order valence-electron chi connectivity index (χ3n) is 3.84. The average Bonchev–Trinajstić information content (AvgIpc) is 2.51. The van der Waals surface area contributed by atoms with Crippen LogP contribution in [0.2, 0.25) is 5.02 Å². The number of hydrogen-bond donors (Lipinski definition) is 1. The van der Waals surface area contributed by atoms with Gasteiger partial charge in [0.15, 0.2) is 0 Å². The molecule has 0 radical (unpaired) electrons. The summed E-state index contributed by atoms with van der Waals surface area (Å²) in [6.45, 7) is 4.18. The molecular formula is C18H17ClN2. The smallest absolute Gasteiger partial charge is 0.0919 e. The highest BCUT2D eigenvalue weighted by Gasteiger charge is 2.15. The fourth-order valence-electron chi connectivity index (χ4n) is 2.78. The standard InChI is InChI=1S/C18H17ClN2/c1-11-9-10-14(19)18-15(11)17(20-3)12(2)16(21-18)13-7-5-4-6-8-13/h4-10H,1-3H3,(H,20,21). The highest BCUT2D eigenvalue weighted by molar-refractivity contribution is 6.35. The quantitative estimate of drug-likeness (QED) is 0.702. The molecule has 0 aliphatic carbocycles. The van der Waals surface area contributed by atoms with E-state index in [1.165, 1.54) is 5.56 Å². The van der Waals surface area contributed by atoms with Crippen molar-refractivity contribution >= 4 is 28.2 Å². The number of halogens is 1. The number of rotatable bonds is 2. The van der Waals surface area contributed by atoms with E-state index in [1.807, 2.05) is 37.4 Å². The number of anilines is 1. The van der Waals surface area contributed by atoms with Gasteiger partial charge in [0, 0.05) is 23.7 Å². The molecule has 106 valence electrons. The lowest BCUT2D eigenvalue weighted by Crippen LogP contribution is -2.00. The fraction of sp³-hybridized carbons (Fsp3) is 0.167. The Labute approximate surface area is 129 Å². The van der Waals surface area contributed by atoms with Gasteiger partial charge in [0.2, 0.25) is 0 Å². The molecule has 3 rings (SSSR count). The molecule has 0 aliphatic rings. The number of fused-ring (bicyclic) bond motifs is 1. The second-order valence-electron chi connectivity index (χ2n) is 5.16. The average molecular weight is 297 g/mol. The Hall–Kier alpha value is -2.06. The number of aromatic nitrogens is 1. The molecule has 0 saturated heterocycles. The molecule has 3 heteroatoms. The Morgan fingerprint density at radius 1 is 1.00 bits per heavy atom. The second-order valence-corrected chi connectivity index (χ2v) is 5.57. The lowest BCUT2D eigenvalue weighted by molar-refractivity contribution is 1.30. The summed E-state index contributed by atoms with van der Waals surface area (Å²) in [7, 11) is 1.94. The van der Waals surface area contributed by atoms with Gasteiger partial charge >= 0.3 is 0 Å². The summed E-state index contributed by atoms with van der Waals surface area (Å²) in [6, 6.07) is 14.2. The van der Waals surface area contributed by atoms with Crippen LogP contribution in [-0.4, -0.2) is 12.0 Å². The highest BCUT2D eigenvalue weighted by atomic mass is 35.5. The topological polar surface area (TPSA) is 24.9 Å². The van der Waals surface area contributed by atoms with E-state index in [9.17, 15) is 0 Å². The Kier molecular flexibility index (Phi) is 3.56. The van der Waals surface area contributed by atoms with Gasteiger partial charge in [-0.2, -0.15) is 0 Å². The van der Waals surface area contributed by atoms with Crippen molar-refractivity contribution in [2.75, 3.05) is 12.4 Å². The number of hydrogen-bond acceptors (Lipinski definition) is 2. The van der Waals surface area contributed by atoms with Crippen LogP contribution in [0.3, 0.4) is 0 Å². The zero-order chi connectivity index (χ0) is 15.0. The fourth-order valence-corrected chi connectivity index (χ4v) is 2.98. The molecule has 0 fully saturated rings. The van der Waals surface area contributed by atoms with Crippen LogP contribution in [0.5, 0.6) is 0 Å². The molecule has 0 unspecified atom stereocenters. The summed E-state index contributed by atoms with van der Waals surface area (Å²) >= 11 is 6.38. The summed E-state index contributed by atoms with van der Waals surface area (Å²) in [4.78, 5) is 4.84. The predicted octanol–water partition coefficient (Wildman–Crippen LogP) is 5.21. The summed E-state index contributed by atoms with van der Waals surface area (Å²) < 4.78 is 0.